The summed E-state index contributed by atoms with van der Waals surface area (Å²) in [6.45, 7) is 3.32. The van der Waals surface area contributed by atoms with Gasteiger partial charge < -0.3 is 10.4 Å². The summed E-state index contributed by atoms with van der Waals surface area (Å²) in [6, 6.07) is 6.40. The van der Waals surface area contributed by atoms with E-state index in [1.54, 1.807) is 16.8 Å². The summed E-state index contributed by atoms with van der Waals surface area (Å²) in [7, 11) is 1.85. The highest BCUT2D eigenvalue weighted by Crippen LogP contribution is 2.24. The Bertz CT molecular complexity index is 652. The molecule has 0 aliphatic carbocycles. The van der Waals surface area contributed by atoms with Crippen molar-refractivity contribution in [3.63, 3.8) is 0 Å². The number of nitrogens with zero attached hydrogens (tertiary/aromatic N) is 3. The number of aromatic nitrogens is 2. The highest BCUT2D eigenvalue weighted by atomic mass is 16.6. The Morgan fingerprint density at radius 2 is 2.09 bits per heavy atom. The molecule has 1 atom stereocenters. The number of nitro benzene ring substituents is 1. The van der Waals surface area contributed by atoms with Gasteiger partial charge in [-0.15, -0.1) is 0 Å². The molecule has 0 saturated heterocycles. The van der Waals surface area contributed by atoms with Gasteiger partial charge in [0.15, 0.2) is 0 Å². The van der Waals surface area contributed by atoms with E-state index >= 15 is 0 Å². The zero-order valence-corrected chi connectivity index (χ0v) is 13.4. The van der Waals surface area contributed by atoms with Gasteiger partial charge in [0.2, 0.25) is 0 Å². The number of hydrogen-bond donors (Lipinski definition) is 2. The maximum atomic E-state index is 10.7. The third kappa shape index (κ3) is 4.61. The van der Waals surface area contributed by atoms with Crippen LogP contribution in [0.1, 0.15) is 25.3 Å². The van der Waals surface area contributed by atoms with E-state index in [2.05, 4.69) is 10.4 Å². The Labute approximate surface area is 135 Å². The molecule has 2 rings (SSSR count). The number of aryl methyl sites for hydroxylation is 1. The highest BCUT2D eigenvalue weighted by molar-refractivity contribution is 5.64. The molecule has 7 heteroatoms. The number of hydrogen-bond acceptors (Lipinski definition) is 5. The quantitative estimate of drug-likeness (QED) is 0.442. The lowest BCUT2D eigenvalue weighted by molar-refractivity contribution is -0.384. The minimum Gasteiger partial charge on any atom is -0.393 e. The molecule has 1 unspecified atom stereocenters. The van der Waals surface area contributed by atoms with Crippen LogP contribution in [0, 0.1) is 10.1 Å². The fourth-order valence-electron chi connectivity index (χ4n) is 2.35. The standard InChI is InChI=1S/C16H22N4O3/c1-3-15(21)8-9-17-10-13-11-19(2)18-16(13)12-4-6-14(7-5-12)20(22)23/h4-7,11,15,17,21H,3,8-10H2,1-2H3. The van der Waals surface area contributed by atoms with Crippen LogP contribution in [0.2, 0.25) is 0 Å². The van der Waals surface area contributed by atoms with Crippen molar-refractivity contribution >= 4 is 5.69 Å². The highest BCUT2D eigenvalue weighted by Gasteiger charge is 2.12. The number of benzene rings is 1. The van der Waals surface area contributed by atoms with Crippen molar-refractivity contribution in [2.75, 3.05) is 6.54 Å². The third-order valence-electron chi connectivity index (χ3n) is 3.70. The SMILES string of the molecule is CCC(O)CCNCc1cn(C)nc1-c1ccc([N+](=O)[O-])cc1. The van der Waals surface area contributed by atoms with E-state index in [1.807, 2.05) is 20.2 Å². The molecule has 1 aromatic carbocycles. The Hall–Kier alpha value is -2.25. The van der Waals surface area contributed by atoms with E-state index in [1.165, 1.54) is 12.1 Å². The van der Waals surface area contributed by atoms with E-state index in [9.17, 15) is 15.2 Å². The lowest BCUT2D eigenvalue weighted by Crippen LogP contribution is -2.19. The van der Waals surface area contributed by atoms with Crippen LogP contribution in [-0.2, 0) is 13.6 Å². The smallest absolute Gasteiger partial charge is 0.269 e. The summed E-state index contributed by atoms with van der Waals surface area (Å²) >= 11 is 0. The summed E-state index contributed by atoms with van der Waals surface area (Å²) in [6.07, 6.45) is 3.12. The van der Waals surface area contributed by atoms with Gasteiger partial charge in [0.1, 0.15) is 0 Å². The van der Waals surface area contributed by atoms with Crippen LogP contribution in [0.4, 0.5) is 5.69 Å². The lowest BCUT2D eigenvalue weighted by atomic mass is 10.1. The molecule has 124 valence electrons. The van der Waals surface area contributed by atoms with Crippen LogP contribution in [-0.4, -0.2) is 32.5 Å². The number of nitrogens with one attached hydrogen (secondary N) is 1. The van der Waals surface area contributed by atoms with Gasteiger partial charge in [-0.3, -0.25) is 14.8 Å². The van der Waals surface area contributed by atoms with Gasteiger partial charge in [-0.2, -0.15) is 5.10 Å². The summed E-state index contributed by atoms with van der Waals surface area (Å²) in [4.78, 5) is 10.3. The van der Waals surface area contributed by atoms with Gasteiger partial charge in [0.05, 0.1) is 16.7 Å². The van der Waals surface area contributed by atoms with Crippen LogP contribution < -0.4 is 5.32 Å². The van der Waals surface area contributed by atoms with Gasteiger partial charge >= 0.3 is 0 Å². The van der Waals surface area contributed by atoms with Crippen molar-refractivity contribution in [3.05, 3.63) is 46.1 Å². The van der Waals surface area contributed by atoms with Gasteiger partial charge in [0, 0.05) is 43.0 Å². The third-order valence-corrected chi connectivity index (χ3v) is 3.70. The first-order valence-electron chi connectivity index (χ1n) is 7.67. The predicted octanol–water partition coefficient (Wildman–Crippen LogP) is 2.25. The maximum absolute atomic E-state index is 10.7. The minimum atomic E-state index is -0.413. The fourth-order valence-corrected chi connectivity index (χ4v) is 2.35. The second-order valence-electron chi connectivity index (χ2n) is 5.51. The van der Waals surface area contributed by atoms with Crippen molar-refractivity contribution in [2.24, 2.45) is 7.05 Å². The Morgan fingerprint density at radius 3 is 2.70 bits per heavy atom. The van der Waals surface area contributed by atoms with E-state index in [0.717, 1.165) is 29.8 Å². The summed E-state index contributed by atoms with van der Waals surface area (Å²) in [5.74, 6) is 0. The lowest BCUT2D eigenvalue weighted by Gasteiger charge is -2.08. The van der Waals surface area contributed by atoms with Crippen molar-refractivity contribution in [1.29, 1.82) is 0 Å². The molecule has 2 aromatic rings. The van der Waals surface area contributed by atoms with Gasteiger partial charge in [0.25, 0.3) is 5.69 Å². The maximum Gasteiger partial charge on any atom is 0.269 e. The van der Waals surface area contributed by atoms with Gasteiger partial charge in [-0.1, -0.05) is 6.92 Å². The van der Waals surface area contributed by atoms with Crippen LogP contribution in [0.5, 0.6) is 0 Å². The molecular formula is C16H22N4O3. The fraction of sp³-hybridized carbons (Fsp3) is 0.438. The average Bonchev–Trinajstić information content (AvgIpc) is 2.92. The molecule has 7 nitrogen and oxygen atoms in total. The molecule has 1 aromatic heterocycles. The first-order valence-corrected chi connectivity index (χ1v) is 7.67. The molecule has 0 radical (unpaired) electrons. The van der Waals surface area contributed by atoms with E-state index < -0.39 is 4.92 Å². The molecule has 0 saturated carbocycles. The van der Waals surface area contributed by atoms with Crippen molar-refractivity contribution in [2.45, 2.75) is 32.4 Å². The minimum absolute atomic E-state index is 0.0675. The largest absolute Gasteiger partial charge is 0.393 e. The van der Waals surface area contributed by atoms with E-state index in [4.69, 9.17) is 0 Å². The molecule has 0 aliphatic heterocycles. The number of non-ortho nitro benzene ring substituents is 1. The number of aliphatic hydroxyl groups is 1. The van der Waals surface area contributed by atoms with Crippen molar-refractivity contribution in [1.82, 2.24) is 15.1 Å². The Kier molecular flexibility index (Phi) is 5.84. The predicted molar refractivity (Wildman–Crippen MR) is 87.9 cm³/mol. The molecule has 23 heavy (non-hydrogen) atoms. The summed E-state index contributed by atoms with van der Waals surface area (Å²) in [5.41, 5.74) is 2.75. The van der Waals surface area contributed by atoms with E-state index in [-0.39, 0.29) is 11.8 Å². The van der Waals surface area contributed by atoms with Crippen LogP contribution >= 0.6 is 0 Å². The molecule has 0 spiro atoms. The zero-order chi connectivity index (χ0) is 16.8. The molecule has 0 fully saturated rings. The number of nitro groups is 1. The second-order valence-corrected chi connectivity index (χ2v) is 5.51. The number of rotatable bonds is 8. The summed E-state index contributed by atoms with van der Waals surface area (Å²) < 4.78 is 1.73. The van der Waals surface area contributed by atoms with E-state index in [0.29, 0.717) is 13.0 Å². The Balaban J connectivity index is 2.06. The normalized spacial score (nSPS) is 12.3. The van der Waals surface area contributed by atoms with Crippen LogP contribution in [0.15, 0.2) is 30.5 Å². The Morgan fingerprint density at radius 1 is 1.39 bits per heavy atom. The molecule has 1 heterocycles. The molecule has 0 aliphatic rings. The molecule has 2 N–H and O–H groups in total. The topological polar surface area (TPSA) is 93.2 Å². The average molecular weight is 318 g/mol. The second kappa shape index (κ2) is 7.85. The first kappa shape index (κ1) is 17.1. The zero-order valence-electron chi connectivity index (χ0n) is 13.4. The van der Waals surface area contributed by atoms with Crippen molar-refractivity contribution in [3.8, 4) is 11.3 Å². The van der Waals surface area contributed by atoms with Gasteiger partial charge in [-0.05, 0) is 31.5 Å². The van der Waals surface area contributed by atoms with Crippen molar-refractivity contribution < 1.29 is 10.0 Å². The first-order chi connectivity index (χ1) is 11.0. The molecule has 0 amide bonds. The van der Waals surface area contributed by atoms with Crippen LogP contribution in [0.3, 0.4) is 0 Å². The summed E-state index contributed by atoms with van der Waals surface area (Å²) in [5, 5.41) is 28.0. The van der Waals surface area contributed by atoms with Gasteiger partial charge in [-0.25, -0.2) is 0 Å². The monoisotopic (exact) mass is 318 g/mol. The van der Waals surface area contributed by atoms with Crippen LogP contribution in [0.25, 0.3) is 11.3 Å². The molecule has 0 bridgehead atoms. The molecular weight excluding hydrogens is 296 g/mol. The number of aliphatic hydroxyl groups excluding tert-OH is 1.